The second-order valence-corrected chi connectivity index (χ2v) is 5.62. The summed E-state index contributed by atoms with van der Waals surface area (Å²) in [7, 11) is 1.68. The molecule has 3 heteroatoms. The topological polar surface area (TPSA) is 44.5 Å². The molecular weight excluding hydrogens is 262 g/mol. The molecule has 0 amide bonds. The van der Waals surface area contributed by atoms with Crippen LogP contribution < -0.4 is 15.2 Å². The Morgan fingerprint density at radius 3 is 2.43 bits per heavy atom. The molecule has 0 aromatic heterocycles. The number of benzene rings is 2. The van der Waals surface area contributed by atoms with Crippen molar-refractivity contribution in [2.75, 3.05) is 13.7 Å². The largest absolute Gasteiger partial charge is 0.493 e. The van der Waals surface area contributed by atoms with Crippen molar-refractivity contribution in [3.63, 3.8) is 0 Å². The molecule has 1 aliphatic rings. The van der Waals surface area contributed by atoms with Crippen LogP contribution in [0.25, 0.3) is 0 Å². The van der Waals surface area contributed by atoms with Gasteiger partial charge in [-0.15, -0.1) is 0 Å². The number of ether oxygens (including phenoxy) is 2. The lowest BCUT2D eigenvalue weighted by Gasteiger charge is -2.16. The van der Waals surface area contributed by atoms with Crippen LogP contribution in [0.5, 0.6) is 11.5 Å². The van der Waals surface area contributed by atoms with Gasteiger partial charge in [-0.3, -0.25) is 0 Å². The van der Waals surface area contributed by atoms with Crippen LogP contribution in [-0.2, 0) is 12.0 Å². The van der Waals surface area contributed by atoms with Crippen molar-refractivity contribution in [1.82, 2.24) is 0 Å². The number of hydrogen-bond donors (Lipinski definition) is 1. The maximum atomic E-state index is 5.89. The van der Waals surface area contributed by atoms with Crippen LogP contribution in [0.15, 0.2) is 48.5 Å². The smallest absolute Gasteiger partial charge is 0.161 e. The molecule has 1 fully saturated rings. The van der Waals surface area contributed by atoms with E-state index < -0.39 is 0 Å². The van der Waals surface area contributed by atoms with Crippen molar-refractivity contribution < 1.29 is 9.47 Å². The molecule has 110 valence electrons. The Morgan fingerprint density at radius 2 is 1.81 bits per heavy atom. The van der Waals surface area contributed by atoms with Crippen LogP contribution in [-0.4, -0.2) is 13.7 Å². The van der Waals surface area contributed by atoms with E-state index in [9.17, 15) is 0 Å². The zero-order valence-corrected chi connectivity index (χ0v) is 12.3. The van der Waals surface area contributed by atoms with E-state index in [0.717, 1.165) is 29.9 Å². The number of nitrogens with two attached hydrogens (primary N) is 1. The fraction of sp³-hybridized carbons (Fsp3) is 0.333. The normalized spacial score (nSPS) is 15.5. The number of hydrogen-bond acceptors (Lipinski definition) is 3. The highest BCUT2D eigenvalue weighted by Crippen LogP contribution is 2.48. The number of rotatable bonds is 6. The van der Waals surface area contributed by atoms with E-state index in [-0.39, 0.29) is 5.41 Å². The van der Waals surface area contributed by atoms with Crippen molar-refractivity contribution in [1.29, 1.82) is 0 Å². The molecule has 1 saturated carbocycles. The fourth-order valence-electron chi connectivity index (χ4n) is 2.61. The van der Waals surface area contributed by atoms with Crippen molar-refractivity contribution >= 4 is 0 Å². The summed E-state index contributed by atoms with van der Waals surface area (Å²) in [5.41, 5.74) is 8.47. The Morgan fingerprint density at radius 1 is 1.05 bits per heavy atom. The maximum Gasteiger partial charge on any atom is 0.161 e. The third-order valence-corrected chi connectivity index (χ3v) is 4.26. The molecular formula is C18H21NO2. The van der Waals surface area contributed by atoms with E-state index in [1.807, 2.05) is 24.3 Å². The lowest BCUT2D eigenvalue weighted by molar-refractivity contribution is 0.284. The van der Waals surface area contributed by atoms with Crippen molar-refractivity contribution in [3.05, 3.63) is 59.7 Å². The van der Waals surface area contributed by atoms with Gasteiger partial charge >= 0.3 is 0 Å². The zero-order valence-electron chi connectivity index (χ0n) is 12.3. The molecule has 21 heavy (non-hydrogen) atoms. The highest BCUT2D eigenvalue weighted by molar-refractivity contribution is 5.47. The molecule has 0 atom stereocenters. The Bertz CT molecular complexity index is 606. The molecule has 0 radical (unpaired) electrons. The summed E-state index contributed by atoms with van der Waals surface area (Å²) in [5.74, 6) is 1.56. The SMILES string of the molecule is COc1cc(C2(CN)CC2)ccc1OCc1ccccc1. The lowest BCUT2D eigenvalue weighted by Crippen LogP contribution is -2.19. The van der Waals surface area contributed by atoms with E-state index in [1.165, 1.54) is 5.56 Å². The van der Waals surface area contributed by atoms with Crippen LogP contribution in [0.4, 0.5) is 0 Å². The van der Waals surface area contributed by atoms with E-state index in [2.05, 4.69) is 24.3 Å². The molecule has 2 N–H and O–H groups in total. The first-order valence-corrected chi connectivity index (χ1v) is 7.33. The van der Waals surface area contributed by atoms with E-state index in [4.69, 9.17) is 15.2 Å². The minimum absolute atomic E-state index is 0.172. The van der Waals surface area contributed by atoms with Crippen LogP contribution >= 0.6 is 0 Å². The van der Waals surface area contributed by atoms with Gasteiger partial charge in [-0.2, -0.15) is 0 Å². The predicted molar refractivity (Wildman–Crippen MR) is 83.7 cm³/mol. The summed E-state index contributed by atoms with van der Waals surface area (Å²) < 4.78 is 11.4. The monoisotopic (exact) mass is 283 g/mol. The van der Waals surface area contributed by atoms with Crippen molar-refractivity contribution in [2.24, 2.45) is 5.73 Å². The van der Waals surface area contributed by atoms with Gasteiger partial charge in [0, 0.05) is 12.0 Å². The minimum atomic E-state index is 0.172. The Labute approximate surface area is 125 Å². The second-order valence-electron chi connectivity index (χ2n) is 5.62. The third kappa shape index (κ3) is 2.88. The molecule has 3 nitrogen and oxygen atoms in total. The predicted octanol–water partition coefficient (Wildman–Crippen LogP) is 3.26. The van der Waals surface area contributed by atoms with Crippen LogP contribution in [0.3, 0.4) is 0 Å². The van der Waals surface area contributed by atoms with Gasteiger partial charge in [-0.05, 0) is 36.1 Å². The molecule has 0 unspecified atom stereocenters. The molecule has 2 aromatic rings. The third-order valence-electron chi connectivity index (χ3n) is 4.26. The Balaban J connectivity index is 1.76. The van der Waals surface area contributed by atoms with E-state index >= 15 is 0 Å². The van der Waals surface area contributed by atoms with Gasteiger partial charge < -0.3 is 15.2 Å². The summed E-state index contributed by atoms with van der Waals surface area (Å²) in [5, 5.41) is 0. The quantitative estimate of drug-likeness (QED) is 0.885. The molecule has 3 rings (SSSR count). The van der Waals surface area contributed by atoms with Gasteiger partial charge in [-0.1, -0.05) is 36.4 Å². The van der Waals surface area contributed by atoms with Gasteiger partial charge in [0.2, 0.25) is 0 Å². The van der Waals surface area contributed by atoms with Gasteiger partial charge in [0.25, 0.3) is 0 Å². The minimum Gasteiger partial charge on any atom is -0.493 e. The second kappa shape index (κ2) is 5.78. The molecule has 0 saturated heterocycles. The van der Waals surface area contributed by atoms with Gasteiger partial charge in [-0.25, -0.2) is 0 Å². The first-order chi connectivity index (χ1) is 10.3. The molecule has 0 heterocycles. The molecule has 0 aliphatic heterocycles. The number of methoxy groups -OCH3 is 1. The van der Waals surface area contributed by atoms with E-state index in [1.54, 1.807) is 7.11 Å². The van der Waals surface area contributed by atoms with Gasteiger partial charge in [0.15, 0.2) is 11.5 Å². The summed E-state index contributed by atoms with van der Waals surface area (Å²) in [6.07, 6.45) is 2.33. The molecule has 1 aliphatic carbocycles. The highest BCUT2D eigenvalue weighted by Gasteiger charge is 2.43. The molecule has 0 bridgehead atoms. The summed E-state index contributed by atoms with van der Waals surface area (Å²) in [6, 6.07) is 16.3. The summed E-state index contributed by atoms with van der Waals surface area (Å²) >= 11 is 0. The maximum absolute atomic E-state index is 5.89. The average molecular weight is 283 g/mol. The molecule has 0 spiro atoms. The van der Waals surface area contributed by atoms with Crippen LogP contribution in [0.2, 0.25) is 0 Å². The van der Waals surface area contributed by atoms with Crippen molar-refractivity contribution in [3.8, 4) is 11.5 Å². The Hall–Kier alpha value is -2.00. The summed E-state index contributed by atoms with van der Waals surface area (Å²) in [6.45, 7) is 1.24. The van der Waals surface area contributed by atoms with Crippen molar-refractivity contribution in [2.45, 2.75) is 24.9 Å². The average Bonchev–Trinajstić information content (AvgIpc) is 3.35. The first kappa shape index (κ1) is 14.0. The Kier molecular flexibility index (Phi) is 3.84. The van der Waals surface area contributed by atoms with Gasteiger partial charge in [0.05, 0.1) is 7.11 Å². The fourth-order valence-corrected chi connectivity index (χ4v) is 2.61. The first-order valence-electron chi connectivity index (χ1n) is 7.33. The molecule has 2 aromatic carbocycles. The summed E-state index contributed by atoms with van der Waals surface area (Å²) in [4.78, 5) is 0. The lowest BCUT2D eigenvalue weighted by atomic mass is 9.96. The van der Waals surface area contributed by atoms with Crippen LogP contribution in [0, 0.1) is 0 Å². The standard InChI is InChI=1S/C18H21NO2/c1-20-17-11-15(18(13-19)9-10-18)7-8-16(17)21-12-14-5-3-2-4-6-14/h2-8,11H,9-10,12-13,19H2,1H3. The van der Waals surface area contributed by atoms with E-state index in [0.29, 0.717) is 13.2 Å². The highest BCUT2D eigenvalue weighted by atomic mass is 16.5. The van der Waals surface area contributed by atoms with Gasteiger partial charge in [0.1, 0.15) is 6.61 Å². The zero-order chi connectivity index (χ0) is 14.7. The van der Waals surface area contributed by atoms with Crippen LogP contribution in [0.1, 0.15) is 24.0 Å².